The van der Waals surface area contributed by atoms with E-state index in [-0.39, 0.29) is 19.8 Å². The van der Waals surface area contributed by atoms with Crippen molar-refractivity contribution in [1.82, 2.24) is 0 Å². The fourth-order valence-electron chi connectivity index (χ4n) is 0.701. The highest BCUT2D eigenvalue weighted by Gasteiger charge is 2.24. The maximum atomic E-state index is 10.5. The molecule has 1 heterocycles. The first kappa shape index (κ1) is 10.3. The van der Waals surface area contributed by atoms with Crippen LogP contribution in [0.4, 0.5) is 0 Å². The number of carboxylic acids is 2. The molecule has 0 aliphatic rings. The molecule has 0 bridgehead atoms. The fourth-order valence-corrected chi connectivity index (χ4v) is 2.33. The number of rotatable bonds is 2. The second-order valence-electron chi connectivity index (χ2n) is 2.00. The molecule has 70 valence electrons. The highest BCUT2D eigenvalue weighted by atomic mass is 35.5. The normalized spacial score (nSPS) is 10.0. The first-order valence-electron chi connectivity index (χ1n) is 2.89. The lowest BCUT2D eigenvalue weighted by molar-refractivity contribution is 0.0696. The first-order valence-corrected chi connectivity index (χ1v) is 4.46. The average molecular weight is 241 g/mol. The molecule has 7 heteroatoms. The summed E-state index contributed by atoms with van der Waals surface area (Å²) in [5.74, 6) is -2.62. The van der Waals surface area contributed by atoms with Crippen LogP contribution in [0.1, 0.15) is 20.0 Å². The zero-order valence-electron chi connectivity index (χ0n) is 5.88. The van der Waals surface area contributed by atoms with E-state index < -0.39 is 11.9 Å². The van der Waals surface area contributed by atoms with E-state index in [0.29, 0.717) is 11.3 Å². The zero-order chi connectivity index (χ0) is 10.2. The minimum absolute atomic E-state index is 0.130. The van der Waals surface area contributed by atoms with E-state index in [2.05, 4.69) is 0 Å². The summed E-state index contributed by atoms with van der Waals surface area (Å²) in [6.45, 7) is 0. The molecular weight excluding hydrogens is 239 g/mol. The van der Waals surface area contributed by atoms with Gasteiger partial charge in [-0.3, -0.25) is 0 Å². The minimum Gasteiger partial charge on any atom is -0.478 e. The van der Waals surface area contributed by atoms with Gasteiger partial charge >= 0.3 is 11.9 Å². The summed E-state index contributed by atoms with van der Waals surface area (Å²) in [7, 11) is 0. The van der Waals surface area contributed by atoms with Gasteiger partial charge in [0.15, 0.2) is 0 Å². The summed E-state index contributed by atoms with van der Waals surface area (Å²) in [5.41, 5.74) is -0.356. The molecule has 2 N–H and O–H groups in total. The molecule has 0 atom stereocenters. The van der Waals surface area contributed by atoms with Gasteiger partial charge in [0.1, 0.15) is 14.8 Å². The third-order valence-corrected chi connectivity index (χ3v) is 3.09. The van der Waals surface area contributed by atoms with Crippen molar-refractivity contribution >= 4 is 46.5 Å². The highest BCUT2D eigenvalue weighted by molar-refractivity contribution is 7.19. The summed E-state index contributed by atoms with van der Waals surface area (Å²) >= 11 is 11.6. The van der Waals surface area contributed by atoms with Crippen molar-refractivity contribution < 1.29 is 19.8 Å². The Morgan fingerprint density at radius 2 is 1.69 bits per heavy atom. The van der Waals surface area contributed by atoms with Gasteiger partial charge in [-0.1, -0.05) is 23.2 Å². The summed E-state index contributed by atoms with van der Waals surface area (Å²) in [4.78, 5) is 20.7. The SMILES string of the molecule is O=C(O)c1sc(Cl)c(C(=O)O)c1Cl. The molecule has 0 amide bonds. The molecule has 13 heavy (non-hydrogen) atoms. The summed E-state index contributed by atoms with van der Waals surface area (Å²) in [6, 6.07) is 0. The standard InChI is InChI=1S/C6H2Cl2O4S/c7-2-1(5(9)10)4(8)13-3(2)6(11)12/h(H,9,10)(H,11,12). The molecular formula is C6H2Cl2O4S. The Hall–Kier alpha value is -0.780. The Labute approximate surface area is 86.3 Å². The van der Waals surface area contributed by atoms with Crippen LogP contribution in [-0.2, 0) is 0 Å². The van der Waals surface area contributed by atoms with E-state index in [9.17, 15) is 9.59 Å². The van der Waals surface area contributed by atoms with E-state index in [4.69, 9.17) is 33.4 Å². The van der Waals surface area contributed by atoms with Crippen LogP contribution < -0.4 is 0 Å². The summed E-state index contributed by atoms with van der Waals surface area (Å²) in [6.07, 6.45) is 0. The number of hydrogen-bond donors (Lipinski definition) is 2. The monoisotopic (exact) mass is 240 g/mol. The largest absolute Gasteiger partial charge is 0.478 e. The maximum Gasteiger partial charge on any atom is 0.347 e. The summed E-state index contributed by atoms with van der Waals surface area (Å²) in [5, 5.41) is 16.8. The number of halogens is 2. The highest BCUT2D eigenvalue weighted by Crippen LogP contribution is 2.36. The zero-order valence-corrected chi connectivity index (χ0v) is 8.20. The number of aromatic carboxylic acids is 2. The van der Waals surface area contributed by atoms with E-state index in [1.54, 1.807) is 0 Å². The fraction of sp³-hybridized carbons (Fsp3) is 0. The number of hydrogen-bond acceptors (Lipinski definition) is 3. The Morgan fingerprint density at radius 1 is 1.15 bits per heavy atom. The lowest BCUT2D eigenvalue weighted by Gasteiger charge is -1.90. The third kappa shape index (κ3) is 1.77. The molecule has 0 unspecified atom stereocenters. The number of carboxylic acid groups (broad SMARTS) is 2. The first-order chi connectivity index (χ1) is 5.95. The van der Waals surface area contributed by atoms with Crippen LogP contribution in [-0.4, -0.2) is 22.2 Å². The van der Waals surface area contributed by atoms with Gasteiger partial charge in [0.25, 0.3) is 0 Å². The van der Waals surface area contributed by atoms with Crippen LogP contribution >= 0.6 is 34.5 Å². The van der Waals surface area contributed by atoms with E-state index in [1.165, 1.54) is 0 Å². The van der Waals surface area contributed by atoms with Gasteiger partial charge in [-0.25, -0.2) is 9.59 Å². The predicted molar refractivity (Wildman–Crippen MR) is 48.3 cm³/mol. The number of carbonyl (C=O) groups is 2. The minimum atomic E-state index is -1.33. The van der Waals surface area contributed by atoms with Crippen molar-refractivity contribution in [2.75, 3.05) is 0 Å². The molecule has 0 spiro atoms. The lowest BCUT2D eigenvalue weighted by atomic mass is 10.3. The van der Waals surface area contributed by atoms with Gasteiger partial charge in [0.05, 0.1) is 5.02 Å². The van der Waals surface area contributed by atoms with Gasteiger partial charge in [-0.2, -0.15) is 0 Å². The van der Waals surface area contributed by atoms with Crippen molar-refractivity contribution in [2.24, 2.45) is 0 Å². The summed E-state index contributed by atoms with van der Waals surface area (Å²) < 4.78 is -0.130. The van der Waals surface area contributed by atoms with Gasteiger partial charge in [-0.15, -0.1) is 11.3 Å². The molecule has 4 nitrogen and oxygen atoms in total. The van der Waals surface area contributed by atoms with E-state index >= 15 is 0 Å². The van der Waals surface area contributed by atoms with Crippen molar-refractivity contribution in [3.05, 3.63) is 19.8 Å². The Balaban J connectivity index is 3.39. The van der Waals surface area contributed by atoms with E-state index in [1.807, 2.05) is 0 Å². The Morgan fingerprint density at radius 3 is 1.92 bits per heavy atom. The van der Waals surface area contributed by atoms with Crippen molar-refractivity contribution in [3.63, 3.8) is 0 Å². The van der Waals surface area contributed by atoms with Gasteiger partial charge in [0, 0.05) is 0 Å². The lowest BCUT2D eigenvalue weighted by Crippen LogP contribution is -1.97. The van der Waals surface area contributed by atoms with Crippen LogP contribution in [0.15, 0.2) is 0 Å². The third-order valence-electron chi connectivity index (χ3n) is 1.22. The molecule has 1 aromatic heterocycles. The molecule has 0 aliphatic heterocycles. The van der Waals surface area contributed by atoms with Gasteiger partial charge in [0.2, 0.25) is 0 Å². The van der Waals surface area contributed by atoms with Gasteiger partial charge in [-0.05, 0) is 0 Å². The van der Waals surface area contributed by atoms with E-state index in [0.717, 1.165) is 0 Å². The Bertz CT molecular complexity index is 384. The smallest absolute Gasteiger partial charge is 0.347 e. The van der Waals surface area contributed by atoms with Crippen LogP contribution in [0.2, 0.25) is 9.36 Å². The van der Waals surface area contributed by atoms with Crippen molar-refractivity contribution in [3.8, 4) is 0 Å². The van der Waals surface area contributed by atoms with Crippen molar-refractivity contribution in [2.45, 2.75) is 0 Å². The quantitative estimate of drug-likeness (QED) is 0.833. The molecule has 1 rings (SSSR count). The molecule has 0 aromatic carbocycles. The number of thiophene rings is 1. The molecule has 0 saturated heterocycles. The molecule has 0 radical (unpaired) electrons. The van der Waals surface area contributed by atoms with Crippen LogP contribution in [0.25, 0.3) is 0 Å². The Kier molecular flexibility index (Phi) is 2.80. The molecule has 1 aromatic rings. The van der Waals surface area contributed by atoms with Crippen LogP contribution in [0.5, 0.6) is 0 Å². The second-order valence-corrected chi connectivity index (χ2v) is 4.00. The average Bonchev–Trinajstić information content (AvgIpc) is 2.26. The second kappa shape index (κ2) is 3.53. The predicted octanol–water partition coefficient (Wildman–Crippen LogP) is 2.45. The topological polar surface area (TPSA) is 74.6 Å². The van der Waals surface area contributed by atoms with Crippen LogP contribution in [0, 0.1) is 0 Å². The molecule has 0 saturated carbocycles. The van der Waals surface area contributed by atoms with Crippen molar-refractivity contribution in [1.29, 1.82) is 0 Å². The van der Waals surface area contributed by atoms with Crippen LogP contribution in [0.3, 0.4) is 0 Å². The maximum absolute atomic E-state index is 10.5. The molecule has 0 fully saturated rings. The molecule has 0 aliphatic carbocycles. The van der Waals surface area contributed by atoms with Gasteiger partial charge < -0.3 is 10.2 Å².